The van der Waals surface area contributed by atoms with Crippen molar-refractivity contribution in [3.05, 3.63) is 68.9 Å². The van der Waals surface area contributed by atoms with Crippen molar-refractivity contribution in [2.45, 2.75) is 26.8 Å². The third-order valence-corrected chi connectivity index (χ3v) is 6.87. The van der Waals surface area contributed by atoms with Gasteiger partial charge in [0.15, 0.2) is 11.2 Å². The quantitative estimate of drug-likeness (QED) is 0.479. The minimum atomic E-state index is -0.447. The van der Waals surface area contributed by atoms with Crippen LogP contribution in [-0.4, -0.2) is 56.7 Å². The van der Waals surface area contributed by atoms with E-state index in [9.17, 15) is 9.59 Å². The molecule has 34 heavy (non-hydrogen) atoms. The molecule has 0 amide bonds. The van der Waals surface area contributed by atoms with Gasteiger partial charge in [0.05, 0.1) is 6.54 Å². The summed E-state index contributed by atoms with van der Waals surface area (Å²) in [6.45, 7) is 9.71. The number of hydrogen-bond donors (Lipinski definition) is 1. The monoisotopic (exact) mass is 460 g/mol. The van der Waals surface area contributed by atoms with E-state index >= 15 is 0 Å². The van der Waals surface area contributed by atoms with Crippen LogP contribution in [0.1, 0.15) is 25.8 Å². The first kappa shape index (κ1) is 22.4. The highest BCUT2D eigenvalue weighted by molar-refractivity contribution is 5.86. The first-order chi connectivity index (χ1) is 16.4. The summed E-state index contributed by atoms with van der Waals surface area (Å²) in [7, 11) is 1.66. The number of fused-ring (bicyclic) bond motifs is 2. The van der Waals surface area contributed by atoms with Crippen molar-refractivity contribution in [3.63, 3.8) is 0 Å². The maximum absolute atomic E-state index is 13.0. The normalized spacial score (nSPS) is 15.1. The average molecular weight is 461 g/mol. The van der Waals surface area contributed by atoms with E-state index in [2.05, 4.69) is 52.9 Å². The predicted octanol–water partition coefficient (Wildman–Crippen LogP) is 2.79. The summed E-state index contributed by atoms with van der Waals surface area (Å²) < 4.78 is 3.41. The number of aryl methyl sites for hydroxylation is 1. The second-order valence-electron chi connectivity index (χ2n) is 9.64. The van der Waals surface area contributed by atoms with Crippen molar-refractivity contribution < 1.29 is 0 Å². The minimum absolute atomic E-state index is 0.396. The Bertz CT molecular complexity index is 1430. The lowest BCUT2D eigenvalue weighted by Crippen LogP contribution is -2.47. The molecule has 0 bridgehead atoms. The Labute approximate surface area is 198 Å². The number of benzene rings is 2. The zero-order valence-electron chi connectivity index (χ0n) is 20.1. The number of H-pyrrole nitrogens is 1. The highest BCUT2D eigenvalue weighted by Crippen LogP contribution is 2.25. The summed E-state index contributed by atoms with van der Waals surface area (Å²) in [5.41, 5.74) is 1.13. The van der Waals surface area contributed by atoms with Crippen LogP contribution in [0.5, 0.6) is 0 Å². The molecule has 1 saturated heterocycles. The largest absolute Gasteiger partial charge is 0.340 e. The summed E-state index contributed by atoms with van der Waals surface area (Å²) in [5, 5.41) is 2.31. The molecule has 0 saturated carbocycles. The van der Waals surface area contributed by atoms with Gasteiger partial charge in [-0.1, -0.05) is 56.3 Å². The van der Waals surface area contributed by atoms with Crippen LogP contribution in [0.15, 0.2) is 52.1 Å². The summed E-state index contributed by atoms with van der Waals surface area (Å²) in [5.74, 6) is 1.44. The van der Waals surface area contributed by atoms with Crippen LogP contribution in [0, 0.1) is 5.92 Å². The Morgan fingerprint density at radius 2 is 1.74 bits per heavy atom. The van der Waals surface area contributed by atoms with Gasteiger partial charge in [-0.05, 0) is 35.2 Å². The molecule has 1 aliphatic rings. The molecule has 0 atom stereocenters. The van der Waals surface area contributed by atoms with Crippen LogP contribution in [0.3, 0.4) is 0 Å². The molecule has 0 aliphatic carbocycles. The summed E-state index contributed by atoms with van der Waals surface area (Å²) in [6.07, 6.45) is 1.19. The number of hydrogen-bond acceptors (Lipinski definition) is 5. The Kier molecular flexibility index (Phi) is 6.00. The van der Waals surface area contributed by atoms with Crippen LogP contribution >= 0.6 is 0 Å². The molecule has 1 fully saturated rings. The molecule has 4 aromatic rings. The van der Waals surface area contributed by atoms with Crippen molar-refractivity contribution in [2.24, 2.45) is 13.0 Å². The van der Waals surface area contributed by atoms with E-state index in [0.717, 1.165) is 55.0 Å². The number of anilines is 1. The maximum Gasteiger partial charge on any atom is 0.329 e. The second kappa shape index (κ2) is 9.10. The Morgan fingerprint density at radius 1 is 1.00 bits per heavy atom. The van der Waals surface area contributed by atoms with E-state index in [4.69, 9.17) is 4.98 Å². The van der Waals surface area contributed by atoms with Crippen LogP contribution < -0.4 is 16.1 Å². The molecule has 0 radical (unpaired) electrons. The Balaban J connectivity index is 1.56. The summed E-state index contributed by atoms with van der Waals surface area (Å²) in [4.78, 5) is 37.3. The lowest BCUT2D eigenvalue weighted by Gasteiger charge is -2.35. The molecular weight excluding hydrogens is 428 g/mol. The number of aromatic nitrogens is 4. The highest BCUT2D eigenvalue weighted by Gasteiger charge is 2.25. The van der Waals surface area contributed by atoms with Gasteiger partial charge in [0.25, 0.3) is 5.56 Å². The fourth-order valence-electron chi connectivity index (χ4n) is 4.83. The van der Waals surface area contributed by atoms with Crippen LogP contribution in [0.2, 0.25) is 0 Å². The third-order valence-electron chi connectivity index (χ3n) is 6.87. The van der Waals surface area contributed by atoms with Gasteiger partial charge in [-0.25, -0.2) is 4.79 Å². The van der Waals surface area contributed by atoms with E-state index in [-0.39, 0.29) is 0 Å². The highest BCUT2D eigenvalue weighted by atomic mass is 16.2. The number of nitrogens with zero attached hydrogens (tertiary/aromatic N) is 5. The fourth-order valence-corrected chi connectivity index (χ4v) is 4.83. The average Bonchev–Trinajstić information content (AvgIpc) is 3.22. The molecule has 1 aliphatic heterocycles. The number of rotatable bonds is 6. The van der Waals surface area contributed by atoms with Gasteiger partial charge in [0.2, 0.25) is 5.95 Å². The summed E-state index contributed by atoms with van der Waals surface area (Å²) in [6, 6.07) is 14.5. The van der Waals surface area contributed by atoms with Gasteiger partial charge < -0.3 is 4.90 Å². The van der Waals surface area contributed by atoms with Gasteiger partial charge in [0, 0.05) is 33.2 Å². The van der Waals surface area contributed by atoms with Crippen molar-refractivity contribution in [1.82, 2.24) is 24.0 Å². The van der Waals surface area contributed by atoms with Crippen molar-refractivity contribution in [3.8, 4) is 0 Å². The number of aromatic amines is 1. The zero-order chi connectivity index (χ0) is 23.8. The van der Waals surface area contributed by atoms with E-state index in [1.165, 1.54) is 11.0 Å². The van der Waals surface area contributed by atoms with Crippen molar-refractivity contribution in [1.29, 1.82) is 0 Å². The Hall–Kier alpha value is -3.39. The lowest BCUT2D eigenvalue weighted by atomic mass is 10.0. The molecular formula is C26H32N6O2. The SMILES string of the molecule is CC(C)CCN1CCN(c2nc3c(c(=O)[nH]c(=O)n3C)n2Cc2cccc3ccccc23)CC1. The van der Waals surface area contributed by atoms with E-state index < -0.39 is 11.2 Å². The van der Waals surface area contributed by atoms with Gasteiger partial charge in [-0.2, -0.15) is 4.98 Å². The van der Waals surface area contributed by atoms with Crippen molar-refractivity contribution in [2.75, 3.05) is 37.6 Å². The molecule has 0 unspecified atom stereocenters. The van der Waals surface area contributed by atoms with E-state index in [1.54, 1.807) is 7.05 Å². The van der Waals surface area contributed by atoms with E-state index in [1.807, 2.05) is 22.8 Å². The van der Waals surface area contributed by atoms with Gasteiger partial charge >= 0.3 is 5.69 Å². The smallest absolute Gasteiger partial charge is 0.329 e. The molecule has 2 aromatic carbocycles. The zero-order valence-corrected chi connectivity index (χ0v) is 20.1. The Morgan fingerprint density at radius 3 is 2.50 bits per heavy atom. The van der Waals surface area contributed by atoms with Gasteiger partial charge in [-0.15, -0.1) is 0 Å². The van der Waals surface area contributed by atoms with Gasteiger partial charge in [-0.3, -0.25) is 23.8 Å². The fraction of sp³-hybridized carbons (Fsp3) is 0.423. The predicted molar refractivity (Wildman–Crippen MR) is 137 cm³/mol. The molecule has 178 valence electrons. The first-order valence-corrected chi connectivity index (χ1v) is 12.1. The molecule has 3 heterocycles. The third kappa shape index (κ3) is 4.14. The molecule has 1 N–H and O–H groups in total. The minimum Gasteiger partial charge on any atom is -0.340 e. The van der Waals surface area contributed by atoms with E-state index in [0.29, 0.717) is 23.6 Å². The molecule has 2 aromatic heterocycles. The first-order valence-electron chi connectivity index (χ1n) is 12.1. The topological polar surface area (TPSA) is 79.2 Å². The lowest BCUT2D eigenvalue weighted by molar-refractivity contribution is 0.242. The second-order valence-corrected chi connectivity index (χ2v) is 9.64. The van der Waals surface area contributed by atoms with Crippen molar-refractivity contribution >= 4 is 27.9 Å². The molecule has 5 rings (SSSR count). The van der Waals surface area contributed by atoms with Crippen LogP contribution in [-0.2, 0) is 13.6 Å². The van der Waals surface area contributed by atoms with Crippen LogP contribution in [0.25, 0.3) is 21.9 Å². The molecule has 8 heteroatoms. The van der Waals surface area contributed by atoms with Gasteiger partial charge in [0.1, 0.15) is 0 Å². The standard InChI is InChI=1S/C26H32N6O2/c1-18(2)11-12-30-13-15-31(16-14-30)25-27-23-22(24(33)28-26(34)29(23)3)32(25)17-20-9-6-8-19-7-4-5-10-21(19)20/h4-10,18H,11-17H2,1-3H3,(H,28,33,34). The maximum atomic E-state index is 13.0. The molecule has 8 nitrogen and oxygen atoms in total. The van der Waals surface area contributed by atoms with Crippen LogP contribution in [0.4, 0.5) is 5.95 Å². The number of piperazine rings is 1. The summed E-state index contributed by atoms with van der Waals surface area (Å²) >= 11 is 0. The number of nitrogens with one attached hydrogen (secondary N) is 1. The molecule has 0 spiro atoms. The number of imidazole rings is 1.